The van der Waals surface area contributed by atoms with Gasteiger partial charge in [0, 0.05) is 31.3 Å². The Morgan fingerprint density at radius 3 is 2.50 bits per heavy atom. The lowest BCUT2D eigenvalue weighted by Gasteiger charge is -2.15. The van der Waals surface area contributed by atoms with E-state index >= 15 is 0 Å². The quantitative estimate of drug-likeness (QED) is 0.716. The van der Waals surface area contributed by atoms with Gasteiger partial charge in [0.05, 0.1) is 0 Å². The summed E-state index contributed by atoms with van der Waals surface area (Å²) < 4.78 is 2.07. The lowest BCUT2D eigenvalue weighted by molar-refractivity contribution is -0.108. The van der Waals surface area contributed by atoms with Crippen LogP contribution in [0.15, 0.2) is 48.7 Å². The van der Waals surface area contributed by atoms with Gasteiger partial charge >= 0.3 is 0 Å². The zero-order chi connectivity index (χ0) is 11.4. The first-order chi connectivity index (χ1) is 7.83. The van der Waals surface area contributed by atoms with E-state index in [0.29, 0.717) is 6.42 Å². The molecule has 0 spiro atoms. The molecular formula is C14H15NO. The highest BCUT2D eigenvalue weighted by atomic mass is 16.1. The molecule has 1 heterocycles. The molecule has 2 aromatic rings. The third kappa shape index (κ3) is 2.06. The van der Waals surface area contributed by atoms with Crippen molar-refractivity contribution >= 4 is 6.29 Å². The third-order valence-electron chi connectivity index (χ3n) is 2.87. The van der Waals surface area contributed by atoms with E-state index in [1.54, 1.807) is 0 Å². The predicted octanol–water partition coefficient (Wildman–Crippen LogP) is 2.75. The smallest absolute Gasteiger partial charge is 0.120 e. The van der Waals surface area contributed by atoms with Crippen molar-refractivity contribution in [2.75, 3.05) is 0 Å². The number of carbonyl (C=O) groups is 1. The fraction of sp³-hybridized carbons (Fsp3) is 0.214. The zero-order valence-electron chi connectivity index (χ0n) is 9.34. The Morgan fingerprint density at radius 2 is 1.94 bits per heavy atom. The van der Waals surface area contributed by atoms with Crippen molar-refractivity contribution < 1.29 is 4.79 Å². The van der Waals surface area contributed by atoms with Gasteiger partial charge in [0.2, 0.25) is 0 Å². The normalized spacial score (nSPS) is 12.3. The van der Waals surface area contributed by atoms with E-state index in [1.165, 1.54) is 11.3 Å². The maximum absolute atomic E-state index is 10.8. The Kier molecular flexibility index (Phi) is 3.20. The lowest BCUT2D eigenvalue weighted by Crippen LogP contribution is -2.06. The second kappa shape index (κ2) is 4.79. The Morgan fingerprint density at radius 1 is 1.19 bits per heavy atom. The summed E-state index contributed by atoms with van der Waals surface area (Å²) in [6.45, 7) is 0. The second-order valence-electron chi connectivity index (χ2n) is 3.91. The Balaban J connectivity index is 2.39. The van der Waals surface area contributed by atoms with Crippen molar-refractivity contribution in [3.05, 3.63) is 59.9 Å². The summed E-state index contributed by atoms with van der Waals surface area (Å²) in [7, 11) is 2.01. The van der Waals surface area contributed by atoms with Crippen LogP contribution in [0.25, 0.3) is 0 Å². The number of hydrogen-bond acceptors (Lipinski definition) is 1. The van der Waals surface area contributed by atoms with E-state index in [2.05, 4.69) is 22.8 Å². The number of carbonyl (C=O) groups excluding carboxylic acids is 1. The van der Waals surface area contributed by atoms with Crippen LogP contribution in [0.3, 0.4) is 0 Å². The van der Waals surface area contributed by atoms with Crippen molar-refractivity contribution in [1.29, 1.82) is 0 Å². The van der Waals surface area contributed by atoms with E-state index in [0.717, 1.165) is 6.29 Å². The van der Waals surface area contributed by atoms with Gasteiger partial charge < -0.3 is 9.36 Å². The van der Waals surface area contributed by atoms with Gasteiger partial charge in [0.1, 0.15) is 6.29 Å². The molecule has 0 aliphatic carbocycles. The lowest BCUT2D eigenvalue weighted by atomic mass is 9.93. The number of rotatable bonds is 4. The summed E-state index contributed by atoms with van der Waals surface area (Å²) in [5.41, 5.74) is 2.37. The molecule has 1 atom stereocenters. The molecule has 1 aromatic carbocycles. The van der Waals surface area contributed by atoms with Crippen LogP contribution in [-0.4, -0.2) is 10.9 Å². The number of hydrogen-bond donors (Lipinski definition) is 0. The van der Waals surface area contributed by atoms with Crippen LogP contribution >= 0.6 is 0 Å². The number of aromatic nitrogens is 1. The molecule has 1 aromatic heterocycles. The maximum atomic E-state index is 10.8. The first-order valence-electron chi connectivity index (χ1n) is 5.42. The van der Waals surface area contributed by atoms with Crippen LogP contribution < -0.4 is 0 Å². The minimum Gasteiger partial charge on any atom is -0.354 e. The van der Waals surface area contributed by atoms with Crippen LogP contribution in [0.5, 0.6) is 0 Å². The summed E-state index contributed by atoms with van der Waals surface area (Å²) >= 11 is 0. The fourth-order valence-electron chi connectivity index (χ4n) is 2.05. The first-order valence-corrected chi connectivity index (χ1v) is 5.42. The summed E-state index contributed by atoms with van der Waals surface area (Å²) in [5, 5.41) is 0. The van der Waals surface area contributed by atoms with Gasteiger partial charge in [0.15, 0.2) is 0 Å². The SMILES string of the molecule is Cn1cccc1C(CC=O)c1ccccc1. The first kappa shape index (κ1) is 10.7. The molecule has 0 aliphatic rings. The maximum Gasteiger partial charge on any atom is 0.120 e. The van der Waals surface area contributed by atoms with E-state index in [9.17, 15) is 4.79 Å². The minimum atomic E-state index is 0.165. The van der Waals surface area contributed by atoms with Crippen molar-refractivity contribution in [2.45, 2.75) is 12.3 Å². The fourth-order valence-corrected chi connectivity index (χ4v) is 2.05. The number of aryl methyl sites for hydroxylation is 1. The Labute approximate surface area is 95.5 Å². The van der Waals surface area contributed by atoms with Crippen molar-refractivity contribution in [3.8, 4) is 0 Å². The molecule has 82 valence electrons. The second-order valence-corrected chi connectivity index (χ2v) is 3.91. The molecule has 0 bridgehead atoms. The molecular weight excluding hydrogens is 198 g/mol. The van der Waals surface area contributed by atoms with Gasteiger partial charge in [0.25, 0.3) is 0 Å². The topological polar surface area (TPSA) is 22.0 Å². The summed E-state index contributed by atoms with van der Waals surface area (Å²) in [6.07, 6.45) is 3.53. The van der Waals surface area contributed by atoms with Crippen LogP contribution in [0.4, 0.5) is 0 Å². The Hall–Kier alpha value is -1.83. The van der Waals surface area contributed by atoms with Crippen LogP contribution in [0.2, 0.25) is 0 Å². The minimum absolute atomic E-state index is 0.165. The number of benzene rings is 1. The Bertz CT molecular complexity index is 459. The van der Waals surface area contributed by atoms with Crippen LogP contribution in [-0.2, 0) is 11.8 Å². The molecule has 2 heteroatoms. The number of aldehydes is 1. The average Bonchev–Trinajstić information content (AvgIpc) is 2.73. The summed E-state index contributed by atoms with van der Waals surface area (Å²) in [4.78, 5) is 10.8. The third-order valence-corrected chi connectivity index (χ3v) is 2.87. The van der Waals surface area contributed by atoms with E-state index in [4.69, 9.17) is 0 Å². The molecule has 0 aliphatic heterocycles. The molecule has 16 heavy (non-hydrogen) atoms. The standard InChI is InChI=1S/C14H15NO/c1-15-10-5-8-14(15)13(9-11-16)12-6-3-2-4-7-12/h2-8,10-11,13H,9H2,1H3. The molecule has 1 unspecified atom stereocenters. The van der Waals surface area contributed by atoms with Crippen LogP contribution in [0, 0.1) is 0 Å². The molecule has 2 nitrogen and oxygen atoms in total. The van der Waals surface area contributed by atoms with E-state index in [1.807, 2.05) is 37.5 Å². The van der Waals surface area contributed by atoms with Gasteiger partial charge in [-0.05, 0) is 17.7 Å². The monoisotopic (exact) mass is 213 g/mol. The van der Waals surface area contributed by atoms with Gasteiger partial charge in [-0.2, -0.15) is 0 Å². The highest BCUT2D eigenvalue weighted by Gasteiger charge is 2.15. The van der Waals surface area contributed by atoms with Gasteiger partial charge in [-0.15, -0.1) is 0 Å². The van der Waals surface area contributed by atoms with E-state index < -0.39 is 0 Å². The molecule has 0 N–H and O–H groups in total. The average molecular weight is 213 g/mol. The molecule has 0 saturated carbocycles. The summed E-state index contributed by atoms with van der Waals surface area (Å²) in [5.74, 6) is 0.165. The largest absolute Gasteiger partial charge is 0.354 e. The molecule has 0 fully saturated rings. The molecule has 0 saturated heterocycles. The molecule has 0 amide bonds. The molecule has 2 rings (SSSR count). The van der Waals surface area contributed by atoms with E-state index in [-0.39, 0.29) is 5.92 Å². The van der Waals surface area contributed by atoms with Crippen molar-refractivity contribution in [1.82, 2.24) is 4.57 Å². The highest BCUT2D eigenvalue weighted by Crippen LogP contribution is 2.26. The number of nitrogens with zero attached hydrogens (tertiary/aromatic N) is 1. The summed E-state index contributed by atoms with van der Waals surface area (Å²) in [6, 6.07) is 14.2. The highest BCUT2D eigenvalue weighted by molar-refractivity contribution is 5.53. The van der Waals surface area contributed by atoms with Gasteiger partial charge in [-0.1, -0.05) is 30.3 Å². The predicted molar refractivity (Wildman–Crippen MR) is 64.4 cm³/mol. The van der Waals surface area contributed by atoms with Gasteiger partial charge in [-0.3, -0.25) is 0 Å². The van der Waals surface area contributed by atoms with Gasteiger partial charge in [-0.25, -0.2) is 0 Å². The van der Waals surface area contributed by atoms with Crippen molar-refractivity contribution in [3.63, 3.8) is 0 Å². The van der Waals surface area contributed by atoms with Crippen LogP contribution in [0.1, 0.15) is 23.6 Å². The zero-order valence-corrected chi connectivity index (χ0v) is 9.34. The van der Waals surface area contributed by atoms with Crippen molar-refractivity contribution in [2.24, 2.45) is 7.05 Å². The molecule has 0 radical (unpaired) electrons.